The Morgan fingerprint density at radius 2 is 2.20 bits per heavy atom. The van der Waals surface area contributed by atoms with E-state index in [1.54, 1.807) is 29.5 Å². The van der Waals surface area contributed by atoms with Gasteiger partial charge in [-0.05, 0) is 29.6 Å². The highest BCUT2D eigenvalue weighted by atomic mass is 35.5. The van der Waals surface area contributed by atoms with Gasteiger partial charge < -0.3 is 10.5 Å². The monoisotopic (exact) mass is 239 g/mol. The van der Waals surface area contributed by atoms with Crippen molar-refractivity contribution in [1.29, 1.82) is 0 Å². The van der Waals surface area contributed by atoms with E-state index in [-0.39, 0.29) is 0 Å². The molecular formula is C11H10ClNOS. The van der Waals surface area contributed by atoms with Crippen LogP contribution >= 0.6 is 22.9 Å². The van der Waals surface area contributed by atoms with Gasteiger partial charge in [0.1, 0.15) is 12.4 Å². The van der Waals surface area contributed by atoms with Crippen LogP contribution in [0.3, 0.4) is 0 Å². The lowest BCUT2D eigenvalue weighted by molar-refractivity contribution is 0.310. The van der Waals surface area contributed by atoms with Gasteiger partial charge in [-0.1, -0.05) is 17.7 Å². The molecule has 0 saturated carbocycles. The lowest BCUT2D eigenvalue weighted by Crippen LogP contribution is -1.94. The molecule has 0 unspecified atom stereocenters. The van der Waals surface area contributed by atoms with Crippen molar-refractivity contribution in [3.8, 4) is 5.75 Å². The molecule has 4 heteroatoms. The van der Waals surface area contributed by atoms with Crippen LogP contribution in [0.5, 0.6) is 5.75 Å². The number of benzene rings is 1. The van der Waals surface area contributed by atoms with Crippen LogP contribution in [-0.2, 0) is 6.61 Å². The van der Waals surface area contributed by atoms with Crippen LogP contribution in [0.2, 0.25) is 5.02 Å². The van der Waals surface area contributed by atoms with E-state index in [1.165, 1.54) is 4.88 Å². The van der Waals surface area contributed by atoms with Crippen LogP contribution in [0.25, 0.3) is 0 Å². The van der Waals surface area contributed by atoms with E-state index in [2.05, 4.69) is 0 Å². The summed E-state index contributed by atoms with van der Waals surface area (Å²) in [6.07, 6.45) is 0. The van der Waals surface area contributed by atoms with E-state index in [1.807, 2.05) is 17.5 Å². The molecule has 0 aliphatic heterocycles. The molecule has 0 radical (unpaired) electrons. The first kappa shape index (κ1) is 10.3. The van der Waals surface area contributed by atoms with Crippen molar-refractivity contribution in [3.63, 3.8) is 0 Å². The summed E-state index contributed by atoms with van der Waals surface area (Å²) >= 11 is 7.63. The van der Waals surface area contributed by atoms with Gasteiger partial charge in [-0.15, -0.1) is 11.3 Å². The molecule has 2 aromatic rings. The minimum atomic E-state index is 0.543. The van der Waals surface area contributed by atoms with Gasteiger partial charge in [0, 0.05) is 10.6 Å². The summed E-state index contributed by atoms with van der Waals surface area (Å²) in [7, 11) is 0. The fourth-order valence-corrected chi connectivity index (χ4v) is 2.04. The Morgan fingerprint density at radius 1 is 1.33 bits per heavy atom. The summed E-state index contributed by atoms with van der Waals surface area (Å²) < 4.78 is 5.56. The Labute approximate surface area is 97.3 Å². The van der Waals surface area contributed by atoms with E-state index < -0.39 is 0 Å². The van der Waals surface area contributed by atoms with Crippen molar-refractivity contribution in [2.75, 3.05) is 5.73 Å². The van der Waals surface area contributed by atoms with Crippen LogP contribution < -0.4 is 10.5 Å². The highest BCUT2D eigenvalue weighted by Crippen LogP contribution is 2.27. The summed E-state index contributed by atoms with van der Waals surface area (Å²) in [5, 5.41) is 2.56. The predicted octanol–water partition coefficient (Wildman–Crippen LogP) is 3.56. The molecule has 78 valence electrons. The zero-order chi connectivity index (χ0) is 10.7. The predicted molar refractivity (Wildman–Crippen MR) is 64.5 cm³/mol. The maximum Gasteiger partial charge on any atom is 0.138 e. The van der Waals surface area contributed by atoms with Gasteiger partial charge in [-0.3, -0.25) is 0 Å². The SMILES string of the molecule is Nc1ccc(OCc2cccs2)c(Cl)c1. The van der Waals surface area contributed by atoms with E-state index >= 15 is 0 Å². The molecule has 0 fully saturated rings. The number of nitrogens with two attached hydrogens (primary N) is 1. The van der Waals surface area contributed by atoms with Gasteiger partial charge in [0.2, 0.25) is 0 Å². The summed E-state index contributed by atoms with van der Waals surface area (Å²) in [5.41, 5.74) is 6.22. The molecule has 1 aromatic heterocycles. The summed E-state index contributed by atoms with van der Waals surface area (Å²) in [6.45, 7) is 0.543. The van der Waals surface area contributed by atoms with E-state index in [0.717, 1.165) is 0 Å². The third-order valence-corrected chi connectivity index (χ3v) is 3.05. The third kappa shape index (κ3) is 2.64. The summed E-state index contributed by atoms with van der Waals surface area (Å²) in [5.74, 6) is 0.666. The van der Waals surface area contributed by atoms with Crippen molar-refractivity contribution in [3.05, 3.63) is 45.6 Å². The zero-order valence-corrected chi connectivity index (χ0v) is 9.52. The Morgan fingerprint density at radius 3 is 2.87 bits per heavy atom. The second-order valence-electron chi connectivity index (χ2n) is 3.06. The van der Waals surface area contributed by atoms with Gasteiger partial charge in [0.05, 0.1) is 5.02 Å². The third-order valence-electron chi connectivity index (χ3n) is 1.91. The van der Waals surface area contributed by atoms with Gasteiger partial charge in [-0.25, -0.2) is 0 Å². The van der Waals surface area contributed by atoms with Gasteiger partial charge in [0.15, 0.2) is 0 Å². The molecule has 0 spiro atoms. The molecule has 1 heterocycles. The fraction of sp³-hybridized carbons (Fsp3) is 0.0909. The summed E-state index contributed by atoms with van der Waals surface area (Å²) in [6, 6.07) is 9.26. The molecule has 2 N–H and O–H groups in total. The number of hydrogen-bond acceptors (Lipinski definition) is 3. The second-order valence-corrected chi connectivity index (χ2v) is 4.50. The molecule has 0 aliphatic carbocycles. The Kier molecular flexibility index (Phi) is 3.14. The minimum Gasteiger partial charge on any atom is -0.487 e. The zero-order valence-electron chi connectivity index (χ0n) is 7.94. The smallest absolute Gasteiger partial charge is 0.138 e. The summed E-state index contributed by atoms with van der Waals surface area (Å²) in [4.78, 5) is 1.17. The maximum atomic E-state index is 5.97. The number of anilines is 1. The van der Waals surface area contributed by atoms with Gasteiger partial charge >= 0.3 is 0 Å². The molecular weight excluding hydrogens is 230 g/mol. The van der Waals surface area contributed by atoms with Crippen LogP contribution in [0, 0.1) is 0 Å². The number of hydrogen-bond donors (Lipinski definition) is 1. The van der Waals surface area contributed by atoms with E-state index in [9.17, 15) is 0 Å². The first-order valence-corrected chi connectivity index (χ1v) is 5.71. The van der Waals surface area contributed by atoms with E-state index in [0.29, 0.717) is 23.1 Å². The molecule has 0 amide bonds. The largest absolute Gasteiger partial charge is 0.487 e. The average molecular weight is 240 g/mol. The molecule has 0 saturated heterocycles. The Balaban J connectivity index is 2.05. The van der Waals surface area contributed by atoms with E-state index in [4.69, 9.17) is 22.1 Å². The Hall–Kier alpha value is -1.19. The molecule has 0 bridgehead atoms. The molecule has 2 rings (SSSR count). The van der Waals surface area contributed by atoms with Crippen molar-refractivity contribution < 1.29 is 4.74 Å². The topological polar surface area (TPSA) is 35.2 Å². The number of nitrogen functional groups attached to an aromatic ring is 1. The minimum absolute atomic E-state index is 0.543. The highest BCUT2D eigenvalue weighted by Gasteiger charge is 2.02. The highest BCUT2D eigenvalue weighted by molar-refractivity contribution is 7.09. The normalized spacial score (nSPS) is 10.2. The van der Waals surface area contributed by atoms with Crippen molar-refractivity contribution in [1.82, 2.24) is 0 Å². The number of ether oxygens (including phenoxy) is 1. The molecule has 0 atom stereocenters. The number of thiophene rings is 1. The molecule has 0 aliphatic rings. The number of rotatable bonds is 3. The lowest BCUT2D eigenvalue weighted by atomic mass is 10.3. The van der Waals surface area contributed by atoms with Crippen molar-refractivity contribution in [2.24, 2.45) is 0 Å². The van der Waals surface area contributed by atoms with Crippen LogP contribution in [-0.4, -0.2) is 0 Å². The number of halogens is 1. The standard InChI is InChI=1S/C11H10ClNOS/c12-10-6-8(13)3-4-11(10)14-7-9-2-1-5-15-9/h1-6H,7,13H2. The lowest BCUT2D eigenvalue weighted by Gasteiger charge is -2.06. The molecule has 2 nitrogen and oxygen atoms in total. The Bertz CT molecular complexity index is 442. The first-order chi connectivity index (χ1) is 7.25. The first-order valence-electron chi connectivity index (χ1n) is 4.46. The van der Waals surface area contributed by atoms with Gasteiger partial charge in [0.25, 0.3) is 0 Å². The van der Waals surface area contributed by atoms with Crippen molar-refractivity contribution >= 4 is 28.6 Å². The van der Waals surface area contributed by atoms with Crippen molar-refractivity contribution in [2.45, 2.75) is 6.61 Å². The fourth-order valence-electron chi connectivity index (χ4n) is 1.18. The molecule has 1 aromatic carbocycles. The molecule has 15 heavy (non-hydrogen) atoms. The maximum absolute atomic E-state index is 5.97. The second kappa shape index (κ2) is 4.55. The average Bonchev–Trinajstić information content (AvgIpc) is 2.69. The van der Waals surface area contributed by atoms with Crippen LogP contribution in [0.4, 0.5) is 5.69 Å². The quantitative estimate of drug-likeness (QED) is 0.832. The van der Waals surface area contributed by atoms with Crippen LogP contribution in [0.15, 0.2) is 35.7 Å². The van der Waals surface area contributed by atoms with Gasteiger partial charge in [-0.2, -0.15) is 0 Å². The van der Waals surface area contributed by atoms with Crippen LogP contribution in [0.1, 0.15) is 4.88 Å².